The molecule has 4 rings (SSSR count). The molecule has 3 aromatic rings. The average Bonchev–Trinajstić information content (AvgIpc) is 2.80. The number of rotatable bonds is 7. The number of ether oxygens (including phenoxy) is 3. The van der Waals surface area contributed by atoms with Gasteiger partial charge >= 0.3 is 0 Å². The van der Waals surface area contributed by atoms with Crippen molar-refractivity contribution < 1.29 is 18.6 Å². The maximum atomic E-state index is 14.5. The lowest BCUT2D eigenvalue weighted by Crippen LogP contribution is -2.46. The summed E-state index contributed by atoms with van der Waals surface area (Å²) in [6, 6.07) is 9.28. The van der Waals surface area contributed by atoms with Crippen molar-refractivity contribution in [2.45, 2.75) is 33.0 Å². The van der Waals surface area contributed by atoms with Crippen LogP contribution in [0.4, 0.5) is 22.0 Å². The molecule has 10 heteroatoms. The number of benzene rings is 1. The van der Waals surface area contributed by atoms with E-state index in [0.717, 1.165) is 17.5 Å². The molecule has 2 atom stereocenters. The van der Waals surface area contributed by atoms with E-state index in [0.29, 0.717) is 42.9 Å². The zero-order valence-electron chi connectivity index (χ0n) is 19.1. The second-order valence-electron chi connectivity index (χ2n) is 7.76. The van der Waals surface area contributed by atoms with Crippen LogP contribution < -0.4 is 19.7 Å². The van der Waals surface area contributed by atoms with Crippen molar-refractivity contribution in [1.82, 2.24) is 20.2 Å². The number of morpholine rings is 1. The Morgan fingerprint density at radius 2 is 1.88 bits per heavy atom. The Morgan fingerprint density at radius 1 is 1.15 bits per heavy atom. The third-order valence-corrected chi connectivity index (χ3v) is 5.11. The number of anilines is 3. The lowest BCUT2D eigenvalue weighted by atomic mass is 10.1. The van der Waals surface area contributed by atoms with Gasteiger partial charge in [0.05, 0.1) is 32.1 Å². The summed E-state index contributed by atoms with van der Waals surface area (Å²) in [6.07, 6.45) is 1.21. The maximum Gasteiger partial charge on any atom is 0.241 e. The number of nitrogens with zero attached hydrogens (tertiary/aromatic N) is 5. The fourth-order valence-electron chi connectivity index (χ4n) is 3.76. The van der Waals surface area contributed by atoms with Crippen molar-refractivity contribution in [3.05, 3.63) is 42.3 Å². The first-order valence-electron chi connectivity index (χ1n) is 10.8. The highest BCUT2D eigenvalue weighted by Crippen LogP contribution is 2.31. The van der Waals surface area contributed by atoms with Gasteiger partial charge in [-0.25, -0.2) is 9.37 Å². The smallest absolute Gasteiger partial charge is 0.241 e. The van der Waals surface area contributed by atoms with Gasteiger partial charge < -0.3 is 24.4 Å². The summed E-state index contributed by atoms with van der Waals surface area (Å²) in [5, 5.41) is 11.2. The Bertz CT molecular complexity index is 1090. The van der Waals surface area contributed by atoms with Gasteiger partial charge in [0, 0.05) is 18.7 Å². The second kappa shape index (κ2) is 9.95. The third kappa shape index (κ3) is 5.28. The Balaban J connectivity index is 1.61. The lowest BCUT2D eigenvalue weighted by Gasteiger charge is -2.35. The molecule has 0 radical (unpaired) electrons. The topological polar surface area (TPSA) is 94.5 Å². The van der Waals surface area contributed by atoms with Crippen molar-refractivity contribution in [1.29, 1.82) is 0 Å². The van der Waals surface area contributed by atoms with Crippen LogP contribution in [-0.4, -0.2) is 59.2 Å². The summed E-state index contributed by atoms with van der Waals surface area (Å²) in [5.41, 5.74) is 1.55. The monoisotopic (exact) mass is 454 g/mol. The molecule has 1 aromatic carbocycles. The SMILES string of the molecule is CCOc1ccc(-c2cc(Nc3nc(N4C[C@@H](C)O[C@@H](C)C4)ncc3F)nnc2OC)cc1. The first-order valence-corrected chi connectivity index (χ1v) is 10.8. The summed E-state index contributed by atoms with van der Waals surface area (Å²) in [6.45, 7) is 7.74. The normalized spacial score (nSPS) is 18.2. The van der Waals surface area contributed by atoms with Crippen LogP contribution in [0, 0.1) is 5.82 Å². The van der Waals surface area contributed by atoms with E-state index in [-0.39, 0.29) is 18.0 Å². The summed E-state index contributed by atoms with van der Waals surface area (Å²) < 4.78 is 31.2. The zero-order valence-corrected chi connectivity index (χ0v) is 19.1. The van der Waals surface area contributed by atoms with Crippen molar-refractivity contribution in [3.8, 4) is 22.8 Å². The Labute approximate surface area is 191 Å². The molecule has 0 saturated carbocycles. The van der Waals surface area contributed by atoms with E-state index in [1.165, 1.54) is 7.11 Å². The largest absolute Gasteiger partial charge is 0.494 e. The van der Waals surface area contributed by atoms with Gasteiger partial charge in [-0.3, -0.25) is 0 Å². The number of nitrogens with one attached hydrogen (secondary N) is 1. The summed E-state index contributed by atoms with van der Waals surface area (Å²) in [4.78, 5) is 10.5. The van der Waals surface area contributed by atoms with Gasteiger partial charge in [0.1, 0.15) is 5.75 Å². The molecular weight excluding hydrogens is 427 g/mol. The molecule has 1 aliphatic heterocycles. The van der Waals surface area contributed by atoms with Gasteiger partial charge in [-0.15, -0.1) is 10.2 Å². The van der Waals surface area contributed by atoms with Crippen LogP contribution in [-0.2, 0) is 4.74 Å². The predicted octanol–water partition coefficient (Wildman–Crippen LogP) is 3.84. The van der Waals surface area contributed by atoms with Crippen LogP contribution in [0.2, 0.25) is 0 Å². The van der Waals surface area contributed by atoms with Gasteiger partial charge in [0.2, 0.25) is 11.8 Å². The second-order valence-corrected chi connectivity index (χ2v) is 7.76. The molecule has 0 spiro atoms. The zero-order chi connectivity index (χ0) is 23.4. The Hall–Kier alpha value is -3.53. The summed E-state index contributed by atoms with van der Waals surface area (Å²) >= 11 is 0. The first kappa shape index (κ1) is 22.7. The minimum Gasteiger partial charge on any atom is -0.494 e. The molecule has 174 valence electrons. The van der Waals surface area contributed by atoms with Gasteiger partial charge in [0.15, 0.2) is 17.5 Å². The van der Waals surface area contributed by atoms with Gasteiger partial charge in [-0.1, -0.05) is 12.1 Å². The quantitative estimate of drug-likeness (QED) is 0.571. The molecule has 0 unspecified atom stereocenters. The molecular formula is C23H27FN6O3. The predicted molar refractivity (Wildman–Crippen MR) is 123 cm³/mol. The number of halogens is 1. The minimum atomic E-state index is -0.589. The fraction of sp³-hybridized carbons (Fsp3) is 0.391. The van der Waals surface area contributed by atoms with Crippen LogP contribution in [0.5, 0.6) is 11.6 Å². The van der Waals surface area contributed by atoms with E-state index < -0.39 is 5.82 Å². The van der Waals surface area contributed by atoms with E-state index in [4.69, 9.17) is 14.2 Å². The number of aromatic nitrogens is 4. The number of hydrogen-bond acceptors (Lipinski definition) is 9. The van der Waals surface area contributed by atoms with Gasteiger partial charge in [-0.2, -0.15) is 4.98 Å². The number of hydrogen-bond donors (Lipinski definition) is 1. The molecule has 1 saturated heterocycles. The van der Waals surface area contributed by atoms with Crippen molar-refractivity contribution in [2.75, 3.05) is 37.0 Å². The van der Waals surface area contributed by atoms with Crippen LogP contribution in [0.1, 0.15) is 20.8 Å². The molecule has 1 N–H and O–H groups in total. The maximum absolute atomic E-state index is 14.5. The van der Waals surface area contributed by atoms with E-state index in [2.05, 4.69) is 25.5 Å². The van der Waals surface area contributed by atoms with E-state index >= 15 is 0 Å². The molecule has 3 heterocycles. The standard InChI is InChI=1S/C23H27FN6O3/c1-5-32-17-8-6-16(7-9-17)18-10-20(28-29-22(18)31-4)26-21-19(24)11-25-23(27-21)30-12-14(2)33-15(3)13-30/h6-11,14-15H,5,12-13H2,1-4H3,(H,25,26,27,28)/t14-,15+. The van der Waals surface area contributed by atoms with Crippen LogP contribution in [0.25, 0.3) is 11.1 Å². The third-order valence-electron chi connectivity index (χ3n) is 5.11. The van der Waals surface area contributed by atoms with Crippen LogP contribution in [0.3, 0.4) is 0 Å². The molecule has 1 aliphatic rings. The van der Waals surface area contributed by atoms with E-state index in [1.54, 1.807) is 6.07 Å². The molecule has 2 aromatic heterocycles. The highest BCUT2D eigenvalue weighted by molar-refractivity contribution is 5.72. The highest BCUT2D eigenvalue weighted by Gasteiger charge is 2.25. The van der Waals surface area contributed by atoms with Crippen LogP contribution >= 0.6 is 0 Å². The van der Waals surface area contributed by atoms with Crippen LogP contribution in [0.15, 0.2) is 36.5 Å². The fourth-order valence-corrected chi connectivity index (χ4v) is 3.76. The summed E-state index contributed by atoms with van der Waals surface area (Å²) in [7, 11) is 1.52. The van der Waals surface area contributed by atoms with E-state index in [9.17, 15) is 4.39 Å². The molecule has 9 nitrogen and oxygen atoms in total. The van der Waals surface area contributed by atoms with Crippen molar-refractivity contribution in [2.24, 2.45) is 0 Å². The molecule has 0 amide bonds. The average molecular weight is 455 g/mol. The molecule has 33 heavy (non-hydrogen) atoms. The van der Waals surface area contributed by atoms with Gasteiger partial charge in [0.25, 0.3) is 0 Å². The first-order chi connectivity index (χ1) is 16.0. The van der Waals surface area contributed by atoms with Crippen molar-refractivity contribution in [3.63, 3.8) is 0 Å². The summed E-state index contributed by atoms with van der Waals surface area (Å²) in [5.74, 6) is 1.30. The minimum absolute atomic E-state index is 0.0175. The van der Waals surface area contributed by atoms with Crippen molar-refractivity contribution >= 4 is 17.6 Å². The lowest BCUT2D eigenvalue weighted by molar-refractivity contribution is -0.00572. The molecule has 0 bridgehead atoms. The molecule has 1 fully saturated rings. The highest BCUT2D eigenvalue weighted by atomic mass is 19.1. The van der Waals surface area contributed by atoms with Gasteiger partial charge in [-0.05, 0) is 44.5 Å². The Kier molecular flexibility index (Phi) is 6.83. The number of methoxy groups -OCH3 is 1. The molecule has 0 aliphatic carbocycles. The Morgan fingerprint density at radius 3 is 2.55 bits per heavy atom. The van der Waals surface area contributed by atoms with E-state index in [1.807, 2.05) is 49.9 Å².